The highest BCUT2D eigenvalue weighted by Crippen LogP contribution is 2.23. The summed E-state index contributed by atoms with van der Waals surface area (Å²) in [7, 11) is 0. The molecule has 26 heavy (non-hydrogen) atoms. The van der Waals surface area contributed by atoms with Gasteiger partial charge in [0.05, 0.1) is 6.04 Å². The van der Waals surface area contributed by atoms with E-state index in [1.165, 1.54) is 16.0 Å². The number of hydrogen-bond acceptors (Lipinski definition) is 2. The van der Waals surface area contributed by atoms with Crippen LogP contribution in [0.25, 0.3) is 0 Å². The minimum absolute atomic E-state index is 0.0135. The largest absolute Gasteiger partial charge is 0.346 e. The van der Waals surface area contributed by atoms with Crippen LogP contribution in [-0.4, -0.2) is 5.91 Å². The molecule has 0 saturated carbocycles. The Labute approximate surface area is 159 Å². The average Bonchev–Trinajstić information content (AvgIpc) is 2.68. The molecule has 0 heterocycles. The molecule has 0 aliphatic carbocycles. The average molecular weight is 362 g/mol. The maximum Gasteiger partial charge on any atom is 0.251 e. The number of nitrogens with one attached hydrogen (secondary N) is 1. The number of carbonyl (C=O) groups excluding carboxylic acids is 1. The van der Waals surface area contributed by atoms with Gasteiger partial charge in [0, 0.05) is 16.2 Å². The molecule has 1 unspecified atom stereocenters. The number of aryl methyl sites for hydroxylation is 1. The van der Waals surface area contributed by atoms with Crippen molar-refractivity contribution in [3.05, 3.63) is 101 Å². The van der Waals surface area contributed by atoms with E-state index in [4.69, 9.17) is 0 Å². The van der Waals surface area contributed by atoms with Crippen LogP contribution < -0.4 is 5.32 Å². The van der Waals surface area contributed by atoms with Crippen LogP contribution in [0.2, 0.25) is 0 Å². The van der Waals surface area contributed by atoms with Crippen molar-refractivity contribution in [1.82, 2.24) is 5.32 Å². The Kier molecular flexibility index (Phi) is 6.13. The van der Waals surface area contributed by atoms with Gasteiger partial charge in [-0.25, -0.2) is 0 Å². The Balaban J connectivity index is 1.56. The summed E-state index contributed by atoms with van der Waals surface area (Å²) in [6.07, 6.45) is 0. The quantitative estimate of drug-likeness (QED) is 0.564. The zero-order valence-corrected chi connectivity index (χ0v) is 15.9. The topological polar surface area (TPSA) is 29.1 Å². The first-order chi connectivity index (χ1) is 12.6. The molecule has 3 aromatic carbocycles. The molecule has 0 aliphatic rings. The third kappa shape index (κ3) is 4.99. The zero-order valence-electron chi connectivity index (χ0n) is 15.1. The maximum absolute atomic E-state index is 12.4. The van der Waals surface area contributed by atoms with Crippen molar-refractivity contribution in [2.24, 2.45) is 0 Å². The Hall–Kier alpha value is -2.52. The number of hydrogen-bond donors (Lipinski definition) is 1. The van der Waals surface area contributed by atoms with Crippen LogP contribution in [0.3, 0.4) is 0 Å². The van der Waals surface area contributed by atoms with Gasteiger partial charge in [-0.3, -0.25) is 4.79 Å². The normalized spacial score (nSPS) is 11.8. The molecule has 0 radical (unpaired) electrons. The van der Waals surface area contributed by atoms with Gasteiger partial charge in [-0.15, -0.1) is 11.8 Å². The van der Waals surface area contributed by atoms with Gasteiger partial charge in [0.1, 0.15) is 0 Å². The molecule has 132 valence electrons. The van der Waals surface area contributed by atoms with Gasteiger partial charge in [0.2, 0.25) is 0 Å². The summed E-state index contributed by atoms with van der Waals surface area (Å²) in [6.45, 7) is 4.09. The van der Waals surface area contributed by atoms with E-state index >= 15 is 0 Å². The van der Waals surface area contributed by atoms with Crippen molar-refractivity contribution in [3.8, 4) is 0 Å². The first kappa shape index (κ1) is 18.3. The lowest BCUT2D eigenvalue weighted by atomic mass is 10.1. The van der Waals surface area contributed by atoms with Gasteiger partial charge in [-0.05, 0) is 49.2 Å². The molecule has 0 bridgehead atoms. The van der Waals surface area contributed by atoms with Gasteiger partial charge in [0.25, 0.3) is 5.91 Å². The van der Waals surface area contributed by atoms with E-state index in [0.717, 1.165) is 11.3 Å². The number of rotatable bonds is 6. The van der Waals surface area contributed by atoms with Gasteiger partial charge in [0.15, 0.2) is 0 Å². The fraction of sp³-hybridized carbons (Fsp3) is 0.174. The molecule has 3 aromatic rings. The second-order valence-electron chi connectivity index (χ2n) is 6.40. The van der Waals surface area contributed by atoms with Gasteiger partial charge in [-0.2, -0.15) is 0 Å². The Morgan fingerprint density at radius 3 is 2.23 bits per heavy atom. The van der Waals surface area contributed by atoms with Crippen LogP contribution in [0.15, 0.2) is 83.8 Å². The first-order valence-corrected chi connectivity index (χ1v) is 9.74. The molecule has 1 N–H and O–H groups in total. The monoisotopic (exact) mass is 361 g/mol. The van der Waals surface area contributed by atoms with Crippen molar-refractivity contribution >= 4 is 17.7 Å². The lowest BCUT2D eigenvalue weighted by molar-refractivity contribution is 0.0940. The molecule has 0 spiro atoms. The SMILES string of the molecule is Cc1ccc(SCc2ccc(C(=O)NC(C)c3ccccc3)cc2)cc1. The molecular weight excluding hydrogens is 338 g/mol. The van der Waals surface area contributed by atoms with Crippen LogP contribution in [0.4, 0.5) is 0 Å². The van der Waals surface area contributed by atoms with Crippen molar-refractivity contribution in [2.45, 2.75) is 30.5 Å². The fourth-order valence-electron chi connectivity index (χ4n) is 2.66. The Morgan fingerprint density at radius 1 is 0.923 bits per heavy atom. The van der Waals surface area contributed by atoms with Crippen LogP contribution >= 0.6 is 11.8 Å². The van der Waals surface area contributed by atoms with Crippen LogP contribution in [-0.2, 0) is 5.75 Å². The third-order valence-corrected chi connectivity index (χ3v) is 5.37. The molecular formula is C23H23NOS. The molecule has 1 amide bonds. The number of carbonyl (C=O) groups is 1. The van der Waals surface area contributed by atoms with E-state index in [0.29, 0.717) is 5.56 Å². The summed E-state index contributed by atoms with van der Waals surface area (Å²) in [5.41, 5.74) is 4.28. The van der Waals surface area contributed by atoms with Crippen molar-refractivity contribution in [1.29, 1.82) is 0 Å². The maximum atomic E-state index is 12.4. The molecule has 0 aromatic heterocycles. The lowest BCUT2D eigenvalue weighted by Gasteiger charge is -2.14. The summed E-state index contributed by atoms with van der Waals surface area (Å²) in [6, 6.07) is 26.4. The van der Waals surface area contributed by atoms with E-state index in [1.807, 2.05) is 61.5 Å². The summed E-state index contributed by atoms with van der Waals surface area (Å²) in [5, 5.41) is 3.05. The van der Waals surface area contributed by atoms with E-state index in [9.17, 15) is 4.79 Å². The number of benzene rings is 3. The second kappa shape index (κ2) is 8.72. The van der Waals surface area contributed by atoms with Gasteiger partial charge in [-0.1, -0.05) is 60.2 Å². The third-order valence-electron chi connectivity index (χ3n) is 4.29. The molecule has 3 heteroatoms. The van der Waals surface area contributed by atoms with Crippen molar-refractivity contribution < 1.29 is 4.79 Å². The fourth-order valence-corrected chi connectivity index (χ4v) is 3.51. The lowest BCUT2D eigenvalue weighted by Crippen LogP contribution is -2.26. The highest BCUT2D eigenvalue weighted by Gasteiger charge is 2.11. The highest BCUT2D eigenvalue weighted by atomic mass is 32.2. The summed E-state index contributed by atoms with van der Waals surface area (Å²) in [4.78, 5) is 13.7. The molecule has 3 rings (SSSR count). The Morgan fingerprint density at radius 2 is 1.58 bits per heavy atom. The minimum Gasteiger partial charge on any atom is -0.346 e. The van der Waals surface area contributed by atoms with Crippen LogP contribution in [0.5, 0.6) is 0 Å². The van der Waals surface area contributed by atoms with Crippen molar-refractivity contribution in [3.63, 3.8) is 0 Å². The first-order valence-electron chi connectivity index (χ1n) is 8.76. The van der Waals surface area contributed by atoms with E-state index in [2.05, 4.69) is 36.5 Å². The summed E-state index contributed by atoms with van der Waals surface area (Å²) >= 11 is 1.80. The van der Waals surface area contributed by atoms with Gasteiger partial charge < -0.3 is 5.32 Å². The number of thioether (sulfide) groups is 1. The number of amides is 1. The van der Waals surface area contributed by atoms with Crippen LogP contribution in [0, 0.1) is 6.92 Å². The van der Waals surface area contributed by atoms with E-state index < -0.39 is 0 Å². The predicted molar refractivity (Wildman–Crippen MR) is 110 cm³/mol. The van der Waals surface area contributed by atoms with Crippen molar-refractivity contribution in [2.75, 3.05) is 0 Å². The second-order valence-corrected chi connectivity index (χ2v) is 7.45. The molecule has 0 fully saturated rings. The van der Waals surface area contributed by atoms with E-state index in [1.54, 1.807) is 11.8 Å². The molecule has 0 saturated heterocycles. The zero-order chi connectivity index (χ0) is 18.4. The molecule has 0 aliphatic heterocycles. The molecule has 2 nitrogen and oxygen atoms in total. The highest BCUT2D eigenvalue weighted by molar-refractivity contribution is 7.98. The smallest absolute Gasteiger partial charge is 0.251 e. The summed E-state index contributed by atoms with van der Waals surface area (Å²) < 4.78 is 0. The molecule has 1 atom stereocenters. The van der Waals surface area contributed by atoms with Crippen LogP contribution in [0.1, 0.15) is 40.0 Å². The summed E-state index contributed by atoms with van der Waals surface area (Å²) in [5.74, 6) is 0.852. The predicted octanol–water partition coefficient (Wildman–Crippen LogP) is 5.78. The van der Waals surface area contributed by atoms with Gasteiger partial charge >= 0.3 is 0 Å². The Bertz CT molecular complexity index is 842. The van der Waals surface area contributed by atoms with E-state index in [-0.39, 0.29) is 11.9 Å². The standard InChI is InChI=1S/C23H23NOS/c1-17-8-14-22(15-9-17)26-16-19-10-12-21(13-11-19)23(25)24-18(2)20-6-4-3-5-7-20/h3-15,18H,16H2,1-2H3,(H,24,25). The minimum atomic E-state index is -0.0425.